The van der Waals surface area contributed by atoms with E-state index in [4.69, 9.17) is 16.7 Å². The van der Waals surface area contributed by atoms with Crippen molar-refractivity contribution in [2.24, 2.45) is 0 Å². The Kier molecular flexibility index (Phi) is 6.34. The fourth-order valence-electron chi connectivity index (χ4n) is 4.33. The molecule has 0 saturated heterocycles. The molecule has 0 aliphatic carbocycles. The van der Waals surface area contributed by atoms with Crippen LogP contribution < -0.4 is 5.32 Å². The van der Waals surface area contributed by atoms with Crippen molar-refractivity contribution in [2.45, 2.75) is 12.8 Å². The van der Waals surface area contributed by atoms with Gasteiger partial charge in [0.05, 0.1) is 16.9 Å². The standard InChI is InChI=1S/C27H25ClN4O2/c28-23-11-10-19(16-22(23)26-29-17-25(31-26)18-6-2-1-3-7-18)30-24-9-4-8-21-20(24)12-14-32(27(21)34)13-5-15-33/h1-4,6-11,16-17,30,33H,5,12-15H2,(H,29,31). The Labute approximate surface area is 203 Å². The van der Waals surface area contributed by atoms with E-state index in [1.54, 1.807) is 0 Å². The number of amides is 1. The van der Waals surface area contributed by atoms with Gasteiger partial charge in [0.2, 0.25) is 0 Å². The number of benzene rings is 3. The topological polar surface area (TPSA) is 81.2 Å². The summed E-state index contributed by atoms with van der Waals surface area (Å²) in [4.78, 5) is 22.6. The highest BCUT2D eigenvalue weighted by Gasteiger charge is 2.25. The maximum Gasteiger partial charge on any atom is 0.254 e. The summed E-state index contributed by atoms with van der Waals surface area (Å²) in [7, 11) is 0. The average molecular weight is 473 g/mol. The van der Waals surface area contributed by atoms with E-state index in [1.807, 2.05) is 77.8 Å². The number of nitrogens with zero attached hydrogens (tertiary/aromatic N) is 2. The molecule has 4 aromatic rings. The molecule has 0 atom stereocenters. The first kappa shape index (κ1) is 22.2. The second-order valence-corrected chi connectivity index (χ2v) is 8.69. The van der Waals surface area contributed by atoms with Crippen LogP contribution in [0.15, 0.2) is 72.9 Å². The summed E-state index contributed by atoms with van der Waals surface area (Å²) >= 11 is 6.53. The van der Waals surface area contributed by atoms with Gasteiger partial charge in [0, 0.05) is 42.2 Å². The molecule has 3 N–H and O–H groups in total. The highest BCUT2D eigenvalue weighted by molar-refractivity contribution is 6.33. The lowest BCUT2D eigenvalue weighted by molar-refractivity contribution is 0.0729. The van der Waals surface area contributed by atoms with Gasteiger partial charge in [-0.1, -0.05) is 48.0 Å². The van der Waals surface area contributed by atoms with Crippen LogP contribution in [0.1, 0.15) is 22.3 Å². The molecule has 1 aliphatic rings. The number of nitrogens with one attached hydrogen (secondary N) is 2. The number of anilines is 2. The van der Waals surface area contributed by atoms with Gasteiger partial charge in [-0.25, -0.2) is 4.98 Å². The van der Waals surface area contributed by atoms with Crippen molar-refractivity contribution in [1.82, 2.24) is 14.9 Å². The predicted molar refractivity (Wildman–Crippen MR) is 136 cm³/mol. The van der Waals surface area contributed by atoms with E-state index in [9.17, 15) is 4.79 Å². The number of aromatic amines is 1. The minimum Gasteiger partial charge on any atom is -0.396 e. The van der Waals surface area contributed by atoms with Gasteiger partial charge in [0.15, 0.2) is 0 Å². The Morgan fingerprint density at radius 1 is 1.06 bits per heavy atom. The summed E-state index contributed by atoms with van der Waals surface area (Å²) in [6, 6.07) is 21.5. The fraction of sp³-hybridized carbons (Fsp3) is 0.185. The lowest BCUT2D eigenvalue weighted by Gasteiger charge is -2.30. The van der Waals surface area contributed by atoms with Crippen molar-refractivity contribution in [3.8, 4) is 22.6 Å². The molecule has 0 saturated carbocycles. The molecule has 0 bridgehead atoms. The van der Waals surface area contributed by atoms with E-state index < -0.39 is 0 Å². The Hall–Kier alpha value is -3.61. The first-order chi connectivity index (χ1) is 16.6. The number of aliphatic hydroxyl groups is 1. The molecule has 0 spiro atoms. The third kappa shape index (κ3) is 4.42. The number of aromatic nitrogens is 2. The Balaban J connectivity index is 1.41. The van der Waals surface area contributed by atoms with Crippen LogP contribution >= 0.6 is 11.6 Å². The number of carbonyl (C=O) groups excluding carboxylic acids is 1. The molecule has 1 aromatic heterocycles. The van der Waals surface area contributed by atoms with Crippen LogP contribution in [0.4, 0.5) is 11.4 Å². The molecule has 1 aliphatic heterocycles. The maximum absolute atomic E-state index is 12.9. The quantitative estimate of drug-likeness (QED) is 0.330. The molecular formula is C27H25ClN4O2. The zero-order chi connectivity index (χ0) is 23.5. The van der Waals surface area contributed by atoms with Crippen molar-refractivity contribution in [3.63, 3.8) is 0 Å². The minimum atomic E-state index is 0.0131. The number of fused-ring (bicyclic) bond motifs is 1. The molecule has 34 heavy (non-hydrogen) atoms. The molecule has 172 valence electrons. The van der Waals surface area contributed by atoms with Crippen molar-refractivity contribution < 1.29 is 9.90 Å². The number of halogens is 1. The van der Waals surface area contributed by atoms with E-state index in [1.165, 1.54) is 0 Å². The van der Waals surface area contributed by atoms with Gasteiger partial charge in [-0.2, -0.15) is 0 Å². The SMILES string of the molecule is O=C1c2cccc(Nc3ccc(Cl)c(-c4ncc(-c5ccccc5)[nH]4)c3)c2CCN1CCCO. The van der Waals surface area contributed by atoms with Crippen LogP contribution in [0.25, 0.3) is 22.6 Å². The Morgan fingerprint density at radius 3 is 2.74 bits per heavy atom. The van der Waals surface area contributed by atoms with Crippen molar-refractivity contribution >= 4 is 28.9 Å². The van der Waals surface area contributed by atoms with Gasteiger partial charge in [-0.05, 0) is 54.3 Å². The normalized spacial score (nSPS) is 13.1. The predicted octanol–water partition coefficient (Wildman–Crippen LogP) is 5.52. The van der Waals surface area contributed by atoms with Crippen molar-refractivity contribution in [2.75, 3.05) is 25.0 Å². The van der Waals surface area contributed by atoms with E-state index in [0.29, 0.717) is 35.9 Å². The van der Waals surface area contributed by atoms with Gasteiger partial charge < -0.3 is 20.3 Å². The van der Waals surface area contributed by atoms with Crippen molar-refractivity contribution in [1.29, 1.82) is 0 Å². The molecule has 0 fully saturated rings. The second kappa shape index (κ2) is 9.71. The van der Waals surface area contributed by atoms with Gasteiger partial charge in [0.25, 0.3) is 5.91 Å². The summed E-state index contributed by atoms with van der Waals surface area (Å²) in [5.74, 6) is 0.705. The largest absolute Gasteiger partial charge is 0.396 e. The number of H-pyrrole nitrogens is 1. The number of imidazole rings is 1. The lowest BCUT2D eigenvalue weighted by Crippen LogP contribution is -2.38. The first-order valence-corrected chi connectivity index (χ1v) is 11.7. The summed E-state index contributed by atoms with van der Waals surface area (Å²) in [5, 5.41) is 13.2. The summed E-state index contributed by atoms with van der Waals surface area (Å²) < 4.78 is 0. The highest BCUT2D eigenvalue weighted by Crippen LogP contribution is 2.33. The molecule has 0 radical (unpaired) electrons. The second-order valence-electron chi connectivity index (χ2n) is 8.28. The molecule has 0 unspecified atom stereocenters. The molecule has 7 heteroatoms. The number of hydrogen-bond donors (Lipinski definition) is 3. The molecular weight excluding hydrogens is 448 g/mol. The van der Waals surface area contributed by atoms with Crippen LogP contribution in [0.3, 0.4) is 0 Å². The highest BCUT2D eigenvalue weighted by atomic mass is 35.5. The van der Waals surface area contributed by atoms with Crippen LogP contribution in [0.5, 0.6) is 0 Å². The number of aliphatic hydroxyl groups excluding tert-OH is 1. The summed E-state index contributed by atoms with van der Waals surface area (Å²) in [5.41, 5.74) is 6.26. The maximum atomic E-state index is 12.9. The molecule has 6 nitrogen and oxygen atoms in total. The van der Waals surface area contributed by atoms with Crippen molar-refractivity contribution in [3.05, 3.63) is 89.1 Å². The van der Waals surface area contributed by atoms with Gasteiger partial charge in [0.1, 0.15) is 5.82 Å². The average Bonchev–Trinajstić information content (AvgIpc) is 3.36. The zero-order valence-corrected chi connectivity index (χ0v) is 19.3. The smallest absolute Gasteiger partial charge is 0.254 e. The number of carbonyl (C=O) groups is 1. The molecule has 5 rings (SSSR count). The molecule has 1 amide bonds. The van der Waals surface area contributed by atoms with Gasteiger partial charge in [-0.3, -0.25) is 4.79 Å². The van der Waals surface area contributed by atoms with Crippen LogP contribution in [-0.4, -0.2) is 45.6 Å². The number of hydrogen-bond acceptors (Lipinski definition) is 4. The van der Waals surface area contributed by atoms with Crippen LogP contribution in [-0.2, 0) is 6.42 Å². The van der Waals surface area contributed by atoms with Crippen LogP contribution in [0.2, 0.25) is 5.02 Å². The monoisotopic (exact) mass is 472 g/mol. The third-order valence-corrected chi connectivity index (χ3v) is 6.40. The molecule has 3 aromatic carbocycles. The summed E-state index contributed by atoms with van der Waals surface area (Å²) in [6.07, 6.45) is 3.16. The van der Waals surface area contributed by atoms with E-state index in [2.05, 4.69) is 15.3 Å². The molecule has 2 heterocycles. The third-order valence-electron chi connectivity index (χ3n) is 6.07. The number of rotatable bonds is 7. The Morgan fingerprint density at radius 2 is 1.91 bits per heavy atom. The Bertz CT molecular complexity index is 1320. The fourth-order valence-corrected chi connectivity index (χ4v) is 4.54. The van der Waals surface area contributed by atoms with Gasteiger partial charge >= 0.3 is 0 Å². The first-order valence-electron chi connectivity index (χ1n) is 11.3. The zero-order valence-electron chi connectivity index (χ0n) is 18.6. The summed E-state index contributed by atoms with van der Waals surface area (Å²) in [6.45, 7) is 1.30. The van der Waals surface area contributed by atoms with E-state index >= 15 is 0 Å². The van der Waals surface area contributed by atoms with Crippen LogP contribution in [0, 0.1) is 0 Å². The van der Waals surface area contributed by atoms with Gasteiger partial charge in [-0.15, -0.1) is 0 Å². The van der Waals surface area contributed by atoms with E-state index in [-0.39, 0.29) is 12.5 Å². The van der Waals surface area contributed by atoms with E-state index in [0.717, 1.165) is 40.2 Å². The lowest BCUT2D eigenvalue weighted by atomic mass is 9.96. The minimum absolute atomic E-state index is 0.0131.